The molecular formula is C14H25NO4. The number of aliphatic hydroxyl groups is 1. The van der Waals surface area contributed by atoms with Crippen LogP contribution >= 0.6 is 0 Å². The van der Waals surface area contributed by atoms with Gasteiger partial charge in [0, 0.05) is 19.7 Å². The van der Waals surface area contributed by atoms with Gasteiger partial charge in [0.25, 0.3) is 0 Å². The summed E-state index contributed by atoms with van der Waals surface area (Å²) in [5.74, 6) is -1.00. The number of nitrogens with zero attached hydrogens (tertiary/aromatic N) is 1. The molecule has 1 aliphatic carbocycles. The molecule has 5 heteroatoms. The van der Waals surface area contributed by atoms with E-state index in [-0.39, 0.29) is 5.92 Å². The first-order valence-electron chi connectivity index (χ1n) is 7.24. The van der Waals surface area contributed by atoms with Crippen LogP contribution in [0.2, 0.25) is 0 Å². The van der Waals surface area contributed by atoms with Gasteiger partial charge in [0.1, 0.15) is 0 Å². The van der Waals surface area contributed by atoms with Crippen molar-refractivity contribution in [2.45, 2.75) is 50.2 Å². The minimum absolute atomic E-state index is 0.274. The van der Waals surface area contributed by atoms with Gasteiger partial charge in [0.05, 0.1) is 17.6 Å². The highest BCUT2D eigenvalue weighted by Gasteiger charge is 2.36. The maximum Gasteiger partial charge on any atom is 0.306 e. The predicted octanol–water partition coefficient (Wildman–Crippen LogP) is 1.10. The Bertz CT molecular complexity index is 307. The van der Waals surface area contributed by atoms with E-state index < -0.39 is 11.6 Å². The zero-order valence-corrected chi connectivity index (χ0v) is 11.7. The Labute approximate surface area is 114 Å². The quantitative estimate of drug-likeness (QED) is 0.783. The van der Waals surface area contributed by atoms with Crippen molar-refractivity contribution < 1.29 is 19.7 Å². The van der Waals surface area contributed by atoms with Gasteiger partial charge in [0.2, 0.25) is 0 Å². The number of carboxylic acids is 1. The van der Waals surface area contributed by atoms with Crippen LogP contribution in [0.1, 0.15) is 38.5 Å². The van der Waals surface area contributed by atoms with Crippen molar-refractivity contribution in [2.75, 3.05) is 26.7 Å². The van der Waals surface area contributed by atoms with E-state index in [4.69, 9.17) is 9.84 Å². The normalized spacial score (nSPS) is 35.7. The molecule has 1 saturated heterocycles. The number of ether oxygens (including phenoxy) is 1. The van der Waals surface area contributed by atoms with E-state index in [2.05, 4.69) is 4.90 Å². The summed E-state index contributed by atoms with van der Waals surface area (Å²) in [6.45, 7) is 2.31. The van der Waals surface area contributed by atoms with E-state index in [0.29, 0.717) is 38.3 Å². The molecule has 110 valence electrons. The first-order chi connectivity index (χ1) is 8.98. The minimum Gasteiger partial charge on any atom is -0.481 e. The number of carbonyl (C=O) groups is 1. The number of aliphatic carboxylic acids is 1. The highest BCUT2D eigenvalue weighted by molar-refractivity contribution is 5.70. The van der Waals surface area contributed by atoms with Crippen molar-refractivity contribution in [2.24, 2.45) is 5.92 Å². The third-order valence-corrected chi connectivity index (χ3v) is 4.37. The first kappa shape index (κ1) is 14.8. The minimum atomic E-state index is -0.727. The van der Waals surface area contributed by atoms with Gasteiger partial charge in [-0.2, -0.15) is 0 Å². The number of rotatable bonds is 5. The number of likely N-dealkylation sites (N-methyl/N-ethyl adjacent to an activating group) is 1. The van der Waals surface area contributed by atoms with Crippen LogP contribution in [0, 0.1) is 5.92 Å². The first-order valence-corrected chi connectivity index (χ1v) is 7.24. The lowest BCUT2D eigenvalue weighted by Gasteiger charge is -2.38. The van der Waals surface area contributed by atoms with E-state index in [0.717, 1.165) is 26.0 Å². The fourth-order valence-electron chi connectivity index (χ4n) is 3.26. The molecule has 2 aliphatic rings. The van der Waals surface area contributed by atoms with E-state index >= 15 is 0 Å². The largest absolute Gasteiger partial charge is 0.481 e. The molecule has 1 unspecified atom stereocenters. The Morgan fingerprint density at radius 2 is 2.05 bits per heavy atom. The second-order valence-electron chi connectivity index (χ2n) is 6.17. The maximum absolute atomic E-state index is 10.9. The molecule has 0 aromatic heterocycles. The van der Waals surface area contributed by atoms with Crippen LogP contribution in [0.15, 0.2) is 0 Å². The fourth-order valence-corrected chi connectivity index (χ4v) is 3.26. The van der Waals surface area contributed by atoms with Crippen molar-refractivity contribution >= 4 is 5.97 Å². The molecule has 0 radical (unpaired) electrons. The van der Waals surface area contributed by atoms with Gasteiger partial charge < -0.3 is 19.8 Å². The zero-order valence-electron chi connectivity index (χ0n) is 11.7. The predicted molar refractivity (Wildman–Crippen MR) is 71.0 cm³/mol. The van der Waals surface area contributed by atoms with Crippen LogP contribution in [0.25, 0.3) is 0 Å². The van der Waals surface area contributed by atoms with Gasteiger partial charge in [-0.25, -0.2) is 0 Å². The zero-order chi connectivity index (χ0) is 13.9. The molecule has 0 spiro atoms. The highest BCUT2D eigenvalue weighted by atomic mass is 16.5. The van der Waals surface area contributed by atoms with Crippen LogP contribution < -0.4 is 0 Å². The second kappa shape index (κ2) is 6.20. The Hall–Kier alpha value is -0.650. The van der Waals surface area contributed by atoms with Crippen molar-refractivity contribution in [1.29, 1.82) is 0 Å². The summed E-state index contributed by atoms with van der Waals surface area (Å²) in [6.07, 6.45) is 4.86. The van der Waals surface area contributed by atoms with E-state index in [9.17, 15) is 9.90 Å². The molecule has 1 aliphatic heterocycles. The van der Waals surface area contributed by atoms with Crippen molar-refractivity contribution in [3.8, 4) is 0 Å². The van der Waals surface area contributed by atoms with E-state index in [1.54, 1.807) is 0 Å². The Balaban J connectivity index is 1.76. The smallest absolute Gasteiger partial charge is 0.306 e. The van der Waals surface area contributed by atoms with Gasteiger partial charge in [-0.05, 0) is 45.6 Å². The maximum atomic E-state index is 10.9. The molecule has 2 fully saturated rings. The van der Waals surface area contributed by atoms with Gasteiger partial charge in [-0.3, -0.25) is 4.79 Å². The molecule has 2 N–H and O–H groups in total. The van der Waals surface area contributed by atoms with Crippen LogP contribution in [0.3, 0.4) is 0 Å². The average Bonchev–Trinajstić information content (AvgIpc) is 2.81. The summed E-state index contributed by atoms with van der Waals surface area (Å²) in [4.78, 5) is 13.0. The van der Waals surface area contributed by atoms with Gasteiger partial charge in [-0.15, -0.1) is 0 Å². The van der Waals surface area contributed by atoms with Crippen molar-refractivity contribution in [3.05, 3.63) is 0 Å². The standard InChI is InChI=1S/C14H25NO4/c1-15(9-12-3-2-8-19-12)10-14(18)6-4-11(5-7-14)13(16)17/h11-12,18H,2-10H2,1H3,(H,16,17). The summed E-state index contributed by atoms with van der Waals surface area (Å²) in [5.41, 5.74) is -0.723. The summed E-state index contributed by atoms with van der Waals surface area (Å²) in [5, 5.41) is 19.5. The van der Waals surface area contributed by atoms with Crippen LogP contribution in [0.5, 0.6) is 0 Å². The Morgan fingerprint density at radius 1 is 1.37 bits per heavy atom. The summed E-state index contributed by atoms with van der Waals surface area (Å²) < 4.78 is 5.59. The molecule has 0 aromatic rings. The molecular weight excluding hydrogens is 246 g/mol. The summed E-state index contributed by atoms with van der Waals surface area (Å²) >= 11 is 0. The topological polar surface area (TPSA) is 70.0 Å². The van der Waals surface area contributed by atoms with Gasteiger partial charge >= 0.3 is 5.97 Å². The van der Waals surface area contributed by atoms with Crippen molar-refractivity contribution in [3.63, 3.8) is 0 Å². The lowest BCUT2D eigenvalue weighted by Crippen LogP contribution is -2.46. The Kier molecular flexibility index (Phi) is 4.81. The SMILES string of the molecule is CN(CC1CCCO1)CC1(O)CCC(C(=O)O)CC1. The monoisotopic (exact) mass is 271 g/mol. The molecule has 1 atom stereocenters. The van der Waals surface area contributed by atoms with E-state index in [1.807, 2.05) is 7.05 Å². The van der Waals surface area contributed by atoms with E-state index in [1.165, 1.54) is 0 Å². The van der Waals surface area contributed by atoms with Gasteiger partial charge in [0.15, 0.2) is 0 Å². The molecule has 2 rings (SSSR count). The molecule has 5 nitrogen and oxygen atoms in total. The van der Waals surface area contributed by atoms with Crippen LogP contribution in [0.4, 0.5) is 0 Å². The Morgan fingerprint density at radius 3 is 2.58 bits per heavy atom. The van der Waals surface area contributed by atoms with Crippen LogP contribution in [-0.4, -0.2) is 59.5 Å². The highest BCUT2D eigenvalue weighted by Crippen LogP contribution is 2.32. The second-order valence-corrected chi connectivity index (χ2v) is 6.17. The third kappa shape index (κ3) is 4.16. The summed E-state index contributed by atoms with van der Waals surface area (Å²) in [6, 6.07) is 0. The third-order valence-electron chi connectivity index (χ3n) is 4.37. The number of carboxylic acid groups (broad SMARTS) is 1. The lowest BCUT2D eigenvalue weighted by molar-refractivity contribution is -0.145. The molecule has 1 heterocycles. The molecule has 1 saturated carbocycles. The average molecular weight is 271 g/mol. The molecule has 0 amide bonds. The number of hydrogen-bond acceptors (Lipinski definition) is 4. The van der Waals surface area contributed by atoms with Crippen LogP contribution in [-0.2, 0) is 9.53 Å². The summed E-state index contributed by atoms with van der Waals surface area (Å²) in [7, 11) is 2.00. The van der Waals surface area contributed by atoms with Gasteiger partial charge in [-0.1, -0.05) is 0 Å². The molecule has 0 bridgehead atoms. The molecule has 19 heavy (non-hydrogen) atoms. The lowest BCUT2D eigenvalue weighted by atomic mass is 9.78. The van der Waals surface area contributed by atoms with Crippen molar-refractivity contribution in [1.82, 2.24) is 4.90 Å². The molecule has 0 aromatic carbocycles. The fraction of sp³-hybridized carbons (Fsp3) is 0.929. The number of hydrogen-bond donors (Lipinski definition) is 2.